The zero-order valence-corrected chi connectivity index (χ0v) is 10.6. The van der Waals surface area contributed by atoms with Crippen LogP contribution >= 0.6 is 0 Å². The summed E-state index contributed by atoms with van der Waals surface area (Å²) in [5.41, 5.74) is 1.55. The van der Waals surface area contributed by atoms with Crippen LogP contribution in [0.25, 0.3) is 0 Å². The lowest BCUT2D eigenvalue weighted by molar-refractivity contribution is -0.125. The van der Waals surface area contributed by atoms with E-state index in [0.717, 1.165) is 31.5 Å². The highest BCUT2D eigenvalue weighted by Crippen LogP contribution is 2.11. The Balaban J connectivity index is 1.86. The maximum Gasteiger partial charge on any atom is 0.224 e. The predicted octanol–water partition coefficient (Wildman–Crippen LogP) is 1.75. The first-order valence-electron chi connectivity index (χ1n) is 6.40. The Kier molecular flexibility index (Phi) is 4.31. The van der Waals surface area contributed by atoms with Gasteiger partial charge in [-0.1, -0.05) is 12.1 Å². The number of halogens is 1. The van der Waals surface area contributed by atoms with Crippen molar-refractivity contribution < 1.29 is 9.18 Å². The summed E-state index contributed by atoms with van der Waals surface area (Å²) in [6.07, 6.45) is 2.00. The van der Waals surface area contributed by atoms with E-state index >= 15 is 0 Å². The van der Waals surface area contributed by atoms with Gasteiger partial charge < -0.3 is 10.6 Å². The standard InChI is InChI=1S/C14H19FN2O/c1-10-7-11(4-5-13(10)15)8-17-14(18)12-3-2-6-16-9-12/h4-5,7,12,16H,2-3,6,8-9H2,1H3,(H,17,18). The summed E-state index contributed by atoms with van der Waals surface area (Å²) in [7, 11) is 0. The third kappa shape index (κ3) is 3.29. The van der Waals surface area contributed by atoms with E-state index < -0.39 is 0 Å². The Morgan fingerprint density at radius 2 is 2.39 bits per heavy atom. The smallest absolute Gasteiger partial charge is 0.224 e. The number of piperidine rings is 1. The summed E-state index contributed by atoms with van der Waals surface area (Å²) < 4.78 is 13.1. The highest BCUT2D eigenvalue weighted by Gasteiger charge is 2.20. The molecule has 1 amide bonds. The molecule has 1 fully saturated rings. The van der Waals surface area contributed by atoms with E-state index in [0.29, 0.717) is 12.1 Å². The summed E-state index contributed by atoms with van der Waals surface area (Å²) >= 11 is 0. The van der Waals surface area contributed by atoms with Gasteiger partial charge in [-0.05, 0) is 43.5 Å². The summed E-state index contributed by atoms with van der Waals surface area (Å²) in [5, 5.41) is 6.13. The van der Waals surface area contributed by atoms with Crippen molar-refractivity contribution >= 4 is 5.91 Å². The van der Waals surface area contributed by atoms with Crippen molar-refractivity contribution in [2.45, 2.75) is 26.3 Å². The largest absolute Gasteiger partial charge is 0.352 e. The van der Waals surface area contributed by atoms with Crippen molar-refractivity contribution in [3.8, 4) is 0 Å². The van der Waals surface area contributed by atoms with E-state index in [-0.39, 0.29) is 17.6 Å². The average Bonchev–Trinajstić information content (AvgIpc) is 2.41. The topological polar surface area (TPSA) is 41.1 Å². The van der Waals surface area contributed by atoms with Crippen LogP contribution in [0.5, 0.6) is 0 Å². The van der Waals surface area contributed by atoms with Gasteiger partial charge in [0.05, 0.1) is 5.92 Å². The molecule has 3 nitrogen and oxygen atoms in total. The number of nitrogens with one attached hydrogen (secondary N) is 2. The molecule has 0 bridgehead atoms. The quantitative estimate of drug-likeness (QED) is 0.858. The second kappa shape index (κ2) is 5.96. The Morgan fingerprint density at radius 1 is 1.56 bits per heavy atom. The molecule has 0 radical (unpaired) electrons. The van der Waals surface area contributed by atoms with Crippen molar-refractivity contribution in [3.63, 3.8) is 0 Å². The normalized spacial score (nSPS) is 19.6. The van der Waals surface area contributed by atoms with Gasteiger partial charge in [-0.15, -0.1) is 0 Å². The monoisotopic (exact) mass is 250 g/mol. The molecule has 0 aliphatic carbocycles. The lowest BCUT2D eigenvalue weighted by atomic mass is 9.99. The molecular weight excluding hydrogens is 231 g/mol. The van der Waals surface area contributed by atoms with Crippen LogP contribution < -0.4 is 10.6 Å². The molecule has 0 aromatic heterocycles. The van der Waals surface area contributed by atoms with Crippen molar-refractivity contribution in [2.75, 3.05) is 13.1 Å². The van der Waals surface area contributed by atoms with Gasteiger partial charge in [0.1, 0.15) is 5.82 Å². The molecule has 1 atom stereocenters. The molecule has 4 heteroatoms. The number of amides is 1. The number of aryl methyl sites for hydroxylation is 1. The molecule has 0 spiro atoms. The van der Waals surface area contributed by atoms with E-state index in [2.05, 4.69) is 10.6 Å². The van der Waals surface area contributed by atoms with E-state index in [1.165, 1.54) is 6.07 Å². The van der Waals surface area contributed by atoms with Crippen LogP contribution in [0.2, 0.25) is 0 Å². The van der Waals surface area contributed by atoms with Gasteiger partial charge in [-0.3, -0.25) is 4.79 Å². The van der Waals surface area contributed by atoms with Gasteiger partial charge in [0.25, 0.3) is 0 Å². The molecule has 1 unspecified atom stereocenters. The van der Waals surface area contributed by atoms with Crippen LogP contribution in [-0.2, 0) is 11.3 Å². The molecule has 1 aliphatic heterocycles. The van der Waals surface area contributed by atoms with Gasteiger partial charge in [0, 0.05) is 13.1 Å². The van der Waals surface area contributed by atoms with E-state index in [4.69, 9.17) is 0 Å². The van der Waals surface area contributed by atoms with Gasteiger partial charge in [0.15, 0.2) is 0 Å². The number of hydrogen-bond donors (Lipinski definition) is 2. The van der Waals surface area contributed by atoms with Crippen LogP contribution in [0.4, 0.5) is 4.39 Å². The zero-order valence-electron chi connectivity index (χ0n) is 10.6. The molecule has 18 heavy (non-hydrogen) atoms. The fourth-order valence-electron chi connectivity index (χ4n) is 2.23. The fourth-order valence-corrected chi connectivity index (χ4v) is 2.23. The Morgan fingerprint density at radius 3 is 3.06 bits per heavy atom. The molecule has 2 rings (SSSR count). The molecule has 1 aliphatic rings. The fraction of sp³-hybridized carbons (Fsp3) is 0.500. The minimum Gasteiger partial charge on any atom is -0.352 e. The lowest BCUT2D eigenvalue weighted by Crippen LogP contribution is -2.40. The highest BCUT2D eigenvalue weighted by atomic mass is 19.1. The Labute approximate surface area is 107 Å². The summed E-state index contributed by atoms with van der Waals surface area (Å²) in [5.74, 6) is -0.0500. The van der Waals surface area contributed by atoms with Crippen LogP contribution in [0.3, 0.4) is 0 Å². The van der Waals surface area contributed by atoms with Crippen molar-refractivity contribution in [3.05, 3.63) is 35.1 Å². The molecule has 98 valence electrons. The number of hydrogen-bond acceptors (Lipinski definition) is 2. The second-order valence-electron chi connectivity index (χ2n) is 4.84. The Bertz CT molecular complexity index is 428. The molecule has 2 N–H and O–H groups in total. The number of rotatable bonds is 3. The minimum atomic E-state index is -0.207. The second-order valence-corrected chi connectivity index (χ2v) is 4.84. The van der Waals surface area contributed by atoms with Crippen LogP contribution in [0.1, 0.15) is 24.0 Å². The Hall–Kier alpha value is -1.42. The first-order chi connectivity index (χ1) is 8.66. The number of carbonyl (C=O) groups excluding carboxylic acids is 1. The van der Waals surface area contributed by atoms with Crippen LogP contribution in [0, 0.1) is 18.7 Å². The molecule has 1 heterocycles. The van der Waals surface area contributed by atoms with Gasteiger partial charge in [0.2, 0.25) is 5.91 Å². The van der Waals surface area contributed by atoms with Gasteiger partial charge in [-0.25, -0.2) is 4.39 Å². The van der Waals surface area contributed by atoms with Crippen molar-refractivity contribution in [1.29, 1.82) is 0 Å². The SMILES string of the molecule is Cc1cc(CNC(=O)C2CCCNC2)ccc1F. The van der Waals surface area contributed by atoms with E-state index in [9.17, 15) is 9.18 Å². The van der Waals surface area contributed by atoms with Gasteiger partial charge in [-0.2, -0.15) is 0 Å². The number of benzene rings is 1. The van der Waals surface area contributed by atoms with Crippen molar-refractivity contribution in [2.24, 2.45) is 5.92 Å². The van der Waals surface area contributed by atoms with Gasteiger partial charge >= 0.3 is 0 Å². The average molecular weight is 250 g/mol. The van der Waals surface area contributed by atoms with Crippen LogP contribution in [-0.4, -0.2) is 19.0 Å². The molecular formula is C14H19FN2O. The summed E-state index contributed by atoms with van der Waals surface area (Å²) in [6, 6.07) is 4.93. The summed E-state index contributed by atoms with van der Waals surface area (Å²) in [6.45, 7) is 3.96. The maximum atomic E-state index is 13.1. The first kappa shape index (κ1) is 13.0. The third-order valence-electron chi connectivity index (χ3n) is 3.36. The first-order valence-corrected chi connectivity index (χ1v) is 6.40. The van der Waals surface area contributed by atoms with Crippen LogP contribution in [0.15, 0.2) is 18.2 Å². The maximum absolute atomic E-state index is 13.1. The number of carbonyl (C=O) groups is 1. The van der Waals surface area contributed by atoms with E-state index in [1.54, 1.807) is 19.1 Å². The molecule has 1 saturated heterocycles. The predicted molar refractivity (Wildman–Crippen MR) is 68.6 cm³/mol. The molecule has 1 aromatic carbocycles. The molecule has 0 saturated carbocycles. The minimum absolute atomic E-state index is 0.0697. The lowest BCUT2D eigenvalue weighted by Gasteiger charge is -2.21. The molecule has 1 aromatic rings. The summed E-state index contributed by atoms with van der Waals surface area (Å²) in [4.78, 5) is 11.9. The third-order valence-corrected chi connectivity index (χ3v) is 3.36. The highest BCUT2D eigenvalue weighted by molar-refractivity contribution is 5.78. The van der Waals surface area contributed by atoms with E-state index in [1.807, 2.05) is 0 Å². The zero-order chi connectivity index (χ0) is 13.0. The van der Waals surface area contributed by atoms with Crippen molar-refractivity contribution in [1.82, 2.24) is 10.6 Å².